The van der Waals surface area contributed by atoms with E-state index in [1.165, 1.54) is 0 Å². The third-order valence-corrected chi connectivity index (χ3v) is 3.66. The number of nitrogens with zero attached hydrogens (tertiary/aromatic N) is 6. The molecule has 8 nitrogen and oxygen atoms in total. The quantitative estimate of drug-likeness (QED) is 0.767. The Hall–Kier alpha value is -2.95. The molecule has 3 aromatic heterocycles. The van der Waals surface area contributed by atoms with Gasteiger partial charge in [-0.15, -0.1) is 0 Å². The van der Waals surface area contributed by atoms with Crippen LogP contribution in [0.1, 0.15) is 40.4 Å². The van der Waals surface area contributed by atoms with E-state index in [0.29, 0.717) is 5.82 Å². The zero-order valence-corrected chi connectivity index (χ0v) is 14.4. The molecule has 8 heteroatoms. The fourth-order valence-electron chi connectivity index (χ4n) is 2.15. The van der Waals surface area contributed by atoms with E-state index < -0.39 is 5.54 Å². The van der Waals surface area contributed by atoms with E-state index in [4.69, 9.17) is 0 Å². The van der Waals surface area contributed by atoms with Gasteiger partial charge < -0.3 is 5.32 Å². The first kappa shape index (κ1) is 15.9. The first-order chi connectivity index (χ1) is 11.2. The highest BCUT2D eigenvalue weighted by atomic mass is 15.3. The molecule has 0 bridgehead atoms. The molecule has 3 heterocycles. The van der Waals surface area contributed by atoms with Crippen LogP contribution in [0.3, 0.4) is 0 Å². The second-order valence-electron chi connectivity index (χ2n) is 7.25. The molecule has 2 N–H and O–H groups in total. The summed E-state index contributed by atoms with van der Waals surface area (Å²) in [5, 5.41) is 23.7. The van der Waals surface area contributed by atoms with E-state index in [1.807, 2.05) is 0 Å². The summed E-state index contributed by atoms with van der Waals surface area (Å²) in [7, 11) is 0. The van der Waals surface area contributed by atoms with Gasteiger partial charge >= 0.3 is 0 Å². The largest absolute Gasteiger partial charge is 0.336 e. The summed E-state index contributed by atoms with van der Waals surface area (Å²) in [5.41, 5.74) is 1.32. The summed E-state index contributed by atoms with van der Waals surface area (Å²) in [6.45, 7) is 9.79. The number of hydrogen-bond acceptors (Lipinski definition) is 6. The molecular formula is C16H20N8. The average molecular weight is 324 g/mol. The van der Waals surface area contributed by atoms with Crippen LogP contribution in [0.2, 0.25) is 0 Å². The van der Waals surface area contributed by atoms with Crippen LogP contribution in [0.4, 0.5) is 11.5 Å². The van der Waals surface area contributed by atoms with E-state index in [0.717, 1.165) is 22.5 Å². The number of H-pyrrole nitrogens is 1. The van der Waals surface area contributed by atoms with Crippen molar-refractivity contribution in [1.29, 1.82) is 5.26 Å². The number of nitrogens with one attached hydrogen (secondary N) is 2. The highest BCUT2D eigenvalue weighted by molar-refractivity contribution is 5.86. The first-order valence-electron chi connectivity index (χ1n) is 7.66. The van der Waals surface area contributed by atoms with E-state index >= 15 is 0 Å². The molecular weight excluding hydrogens is 304 g/mol. The second kappa shape index (κ2) is 5.30. The fraction of sp³-hybridized carbons (Fsp3) is 0.438. The molecule has 0 saturated heterocycles. The van der Waals surface area contributed by atoms with Crippen molar-refractivity contribution in [3.05, 3.63) is 24.4 Å². The van der Waals surface area contributed by atoms with Crippen molar-refractivity contribution in [2.24, 2.45) is 0 Å². The van der Waals surface area contributed by atoms with Crippen LogP contribution >= 0.6 is 0 Å². The predicted octanol–water partition coefficient (Wildman–Crippen LogP) is 2.85. The van der Waals surface area contributed by atoms with Gasteiger partial charge in [-0.25, -0.2) is 9.97 Å². The summed E-state index contributed by atoms with van der Waals surface area (Å²) in [6.07, 6.45) is 5.13. The topological polar surface area (TPSA) is 108 Å². The van der Waals surface area contributed by atoms with Crippen molar-refractivity contribution in [2.75, 3.05) is 5.32 Å². The maximum Gasteiger partial charge on any atom is 0.160 e. The zero-order valence-electron chi connectivity index (χ0n) is 14.4. The van der Waals surface area contributed by atoms with Gasteiger partial charge in [0, 0.05) is 5.41 Å². The Morgan fingerprint density at radius 3 is 2.58 bits per heavy atom. The molecule has 0 saturated carbocycles. The van der Waals surface area contributed by atoms with Crippen molar-refractivity contribution in [3.8, 4) is 6.07 Å². The lowest BCUT2D eigenvalue weighted by atomic mass is 9.95. The van der Waals surface area contributed by atoms with E-state index in [9.17, 15) is 5.26 Å². The van der Waals surface area contributed by atoms with Crippen molar-refractivity contribution >= 4 is 22.5 Å². The molecule has 3 aromatic rings. The van der Waals surface area contributed by atoms with Gasteiger partial charge in [-0.1, -0.05) is 20.8 Å². The first-order valence-corrected chi connectivity index (χ1v) is 7.66. The number of nitriles is 1. The molecule has 0 aliphatic carbocycles. The molecule has 0 atom stereocenters. The maximum absolute atomic E-state index is 9.22. The number of aromatic nitrogens is 6. The summed E-state index contributed by atoms with van der Waals surface area (Å²) in [5.74, 6) is 1.36. The number of aromatic amines is 1. The van der Waals surface area contributed by atoms with Gasteiger partial charge in [0.1, 0.15) is 22.4 Å². The Kier molecular flexibility index (Phi) is 3.52. The highest BCUT2D eigenvalue weighted by Crippen LogP contribution is 2.27. The number of rotatable bonds is 3. The minimum absolute atomic E-state index is 0.186. The smallest absolute Gasteiger partial charge is 0.160 e. The lowest BCUT2D eigenvalue weighted by Crippen LogP contribution is -2.24. The summed E-state index contributed by atoms with van der Waals surface area (Å²) >= 11 is 0. The monoisotopic (exact) mass is 324 g/mol. The molecule has 0 unspecified atom stereocenters. The Morgan fingerprint density at radius 2 is 1.92 bits per heavy atom. The SMILES string of the molecule is CC(C)(C)c1nc(Nc2cnn(C(C)(C)C#N)c2)c2[nH]ncc2n1. The van der Waals surface area contributed by atoms with Crippen LogP contribution in [-0.4, -0.2) is 29.9 Å². The minimum atomic E-state index is -0.717. The van der Waals surface area contributed by atoms with E-state index in [1.54, 1.807) is 37.1 Å². The lowest BCUT2D eigenvalue weighted by Gasteiger charge is -2.17. The summed E-state index contributed by atoms with van der Waals surface area (Å²) < 4.78 is 1.62. The van der Waals surface area contributed by atoms with Crippen LogP contribution in [0.5, 0.6) is 0 Å². The molecule has 0 aliphatic heterocycles. The van der Waals surface area contributed by atoms with Crippen molar-refractivity contribution in [1.82, 2.24) is 29.9 Å². The third kappa shape index (κ3) is 2.80. The Bertz CT molecular complexity index is 920. The molecule has 0 aliphatic rings. The number of hydrogen-bond donors (Lipinski definition) is 2. The van der Waals surface area contributed by atoms with Crippen LogP contribution in [0.15, 0.2) is 18.6 Å². The van der Waals surface area contributed by atoms with E-state index in [2.05, 4.69) is 57.4 Å². The fourth-order valence-corrected chi connectivity index (χ4v) is 2.15. The van der Waals surface area contributed by atoms with Crippen LogP contribution < -0.4 is 5.32 Å². The number of fused-ring (bicyclic) bond motifs is 1. The van der Waals surface area contributed by atoms with E-state index in [-0.39, 0.29) is 5.41 Å². The molecule has 0 fully saturated rings. The lowest BCUT2D eigenvalue weighted by molar-refractivity contribution is 0.419. The van der Waals surface area contributed by atoms with Crippen LogP contribution in [0.25, 0.3) is 11.0 Å². The van der Waals surface area contributed by atoms with Crippen molar-refractivity contribution < 1.29 is 0 Å². The number of anilines is 2. The van der Waals surface area contributed by atoms with Crippen molar-refractivity contribution in [3.63, 3.8) is 0 Å². The average Bonchev–Trinajstić information content (AvgIpc) is 3.15. The molecule has 0 aromatic carbocycles. The van der Waals surface area contributed by atoms with Gasteiger partial charge in [0.05, 0.1) is 30.3 Å². The van der Waals surface area contributed by atoms with Gasteiger partial charge in [-0.3, -0.25) is 9.78 Å². The van der Waals surface area contributed by atoms with Gasteiger partial charge in [0.2, 0.25) is 0 Å². The van der Waals surface area contributed by atoms with Crippen LogP contribution in [-0.2, 0) is 11.0 Å². The molecule has 0 amide bonds. The zero-order chi connectivity index (χ0) is 17.5. The minimum Gasteiger partial charge on any atom is -0.336 e. The van der Waals surface area contributed by atoms with Gasteiger partial charge in [-0.2, -0.15) is 15.5 Å². The highest BCUT2D eigenvalue weighted by Gasteiger charge is 2.22. The molecule has 24 heavy (non-hydrogen) atoms. The molecule has 0 spiro atoms. The second-order valence-corrected chi connectivity index (χ2v) is 7.25. The molecule has 3 rings (SSSR count). The summed E-state index contributed by atoms with van der Waals surface area (Å²) in [6, 6.07) is 2.22. The Balaban J connectivity index is 2.01. The molecule has 0 radical (unpaired) electrons. The third-order valence-electron chi connectivity index (χ3n) is 3.66. The van der Waals surface area contributed by atoms with Gasteiger partial charge in [0.25, 0.3) is 0 Å². The van der Waals surface area contributed by atoms with Crippen LogP contribution in [0, 0.1) is 11.3 Å². The Morgan fingerprint density at radius 1 is 1.17 bits per heavy atom. The normalized spacial score (nSPS) is 12.3. The Labute approximate surface area is 139 Å². The van der Waals surface area contributed by atoms with Gasteiger partial charge in [-0.05, 0) is 13.8 Å². The molecule has 124 valence electrons. The summed E-state index contributed by atoms with van der Waals surface area (Å²) in [4.78, 5) is 9.19. The predicted molar refractivity (Wildman–Crippen MR) is 90.8 cm³/mol. The van der Waals surface area contributed by atoms with Gasteiger partial charge in [0.15, 0.2) is 5.82 Å². The standard InChI is InChI=1S/C16H20N8/c1-15(2,3)14-21-11-7-18-23-12(11)13(22-14)20-10-6-19-24(8-10)16(4,5)9-17/h6-8H,1-5H3,(H,18,23)(H,20,21,22). The van der Waals surface area contributed by atoms with Crippen molar-refractivity contribution in [2.45, 2.75) is 45.6 Å². The maximum atomic E-state index is 9.22.